The molecule has 0 radical (unpaired) electrons. The third-order valence-corrected chi connectivity index (χ3v) is 3.16. The van der Waals surface area contributed by atoms with E-state index in [1.165, 1.54) is 0 Å². The summed E-state index contributed by atoms with van der Waals surface area (Å²) in [6.45, 7) is 4.21. The van der Waals surface area contributed by atoms with Crippen LogP contribution in [0.3, 0.4) is 0 Å². The Hall–Kier alpha value is -0.470. The van der Waals surface area contributed by atoms with Crippen LogP contribution in [0.5, 0.6) is 0 Å². The molecule has 96 valence electrons. The van der Waals surface area contributed by atoms with Gasteiger partial charge in [-0.25, -0.2) is 9.97 Å². The van der Waals surface area contributed by atoms with E-state index in [0.717, 1.165) is 15.9 Å². The van der Waals surface area contributed by atoms with Crippen molar-refractivity contribution in [3.63, 3.8) is 0 Å². The van der Waals surface area contributed by atoms with Crippen LogP contribution in [-0.2, 0) is 9.47 Å². The lowest BCUT2D eigenvalue weighted by molar-refractivity contribution is 0.170. The van der Waals surface area contributed by atoms with Crippen molar-refractivity contribution >= 4 is 28.4 Å². The summed E-state index contributed by atoms with van der Waals surface area (Å²) in [4.78, 5) is 10.5. The van der Waals surface area contributed by atoms with Crippen molar-refractivity contribution < 1.29 is 9.47 Å². The lowest BCUT2D eigenvalue weighted by atomic mass is 10.3. The Kier molecular flexibility index (Phi) is 6.68. The van der Waals surface area contributed by atoms with Crippen LogP contribution in [0.25, 0.3) is 0 Å². The van der Waals surface area contributed by atoms with Gasteiger partial charge in [0.2, 0.25) is 0 Å². The molecule has 1 unspecified atom stereocenters. The molecule has 1 rings (SSSR count). The number of anilines is 1. The Morgan fingerprint density at radius 2 is 2.18 bits per heavy atom. The Bertz CT molecular complexity index is 338. The molecular weight excluding hydrogens is 333 g/mol. The number of halogens is 1. The molecule has 17 heavy (non-hydrogen) atoms. The van der Waals surface area contributed by atoms with Crippen LogP contribution in [-0.4, -0.2) is 50.0 Å². The van der Waals surface area contributed by atoms with Crippen LogP contribution >= 0.6 is 22.6 Å². The molecule has 0 N–H and O–H groups in total. The predicted octanol–water partition coefficient (Wildman–Crippen LogP) is 1.57. The second-order valence-electron chi connectivity index (χ2n) is 3.68. The molecule has 0 aliphatic heterocycles. The van der Waals surface area contributed by atoms with Crippen molar-refractivity contribution in [2.24, 2.45) is 0 Å². The first kappa shape index (κ1) is 14.6. The number of aromatic nitrogens is 2. The maximum Gasteiger partial charge on any atom is 0.145 e. The normalized spacial score (nSPS) is 12.5. The highest BCUT2D eigenvalue weighted by Gasteiger charge is 2.17. The molecule has 0 aliphatic carbocycles. The number of rotatable bonds is 7. The molecule has 0 fully saturated rings. The summed E-state index contributed by atoms with van der Waals surface area (Å²) < 4.78 is 11.4. The van der Waals surface area contributed by atoms with E-state index in [0.29, 0.717) is 13.2 Å². The van der Waals surface area contributed by atoms with Gasteiger partial charge >= 0.3 is 0 Å². The van der Waals surface area contributed by atoms with Crippen LogP contribution in [0.15, 0.2) is 12.5 Å². The Morgan fingerprint density at radius 1 is 1.41 bits per heavy atom. The molecule has 1 aromatic rings. The zero-order chi connectivity index (χ0) is 12.7. The van der Waals surface area contributed by atoms with Gasteiger partial charge in [0, 0.05) is 27.0 Å². The van der Waals surface area contributed by atoms with E-state index < -0.39 is 0 Å². The zero-order valence-corrected chi connectivity index (χ0v) is 12.5. The third-order valence-electron chi connectivity index (χ3n) is 2.40. The van der Waals surface area contributed by atoms with Gasteiger partial charge in [-0.3, -0.25) is 0 Å². The first-order valence-electron chi connectivity index (χ1n) is 5.40. The predicted molar refractivity (Wildman–Crippen MR) is 75.3 cm³/mol. The maximum absolute atomic E-state index is 5.20. The summed E-state index contributed by atoms with van der Waals surface area (Å²) in [7, 11) is 3.40. The lowest BCUT2D eigenvalue weighted by Gasteiger charge is -2.30. The summed E-state index contributed by atoms with van der Waals surface area (Å²) in [6, 6.07) is 0.249. The summed E-state index contributed by atoms with van der Waals surface area (Å²) in [5.74, 6) is 0.933. The standard InChI is InChI=1S/C11H18IN3O2/c1-9(7-17-3)15(4-5-16-2)11-10(12)6-13-8-14-11/h6,8-9H,4-5,7H2,1-3H3. The van der Waals surface area contributed by atoms with E-state index in [2.05, 4.69) is 44.4 Å². The monoisotopic (exact) mass is 351 g/mol. The lowest BCUT2D eigenvalue weighted by Crippen LogP contribution is -2.39. The number of hydrogen-bond acceptors (Lipinski definition) is 5. The van der Waals surface area contributed by atoms with Gasteiger partial charge in [0.05, 0.1) is 22.8 Å². The molecule has 0 spiro atoms. The van der Waals surface area contributed by atoms with E-state index in [9.17, 15) is 0 Å². The number of methoxy groups -OCH3 is 2. The number of hydrogen-bond donors (Lipinski definition) is 0. The van der Waals surface area contributed by atoms with Crippen molar-refractivity contribution in [2.75, 3.05) is 38.9 Å². The topological polar surface area (TPSA) is 47.5 Å². The fourth-order valence-corrected chi connectivity index (χ4v) is 2.18. The highest BCUT2D eigenvalue weighted by atomic mass is 127. The summed E-state index contributed by atoms with van der Waals surface area (Å²) in [6.07, 6.45) is 3.37. The highest BCUT2D eigenvalue weighted by Crippen LogP contribution is 2.20. The van der Waals surface area contributed by atoms with Gasteiger partial charge in [0.25, 0.3) is 0 Å². The fraction of sp³-hybridized carbons (Fsp3) is 0.636. The van der Waals surface area contributed by atoms with Gasteiger partial charge in [-0.2, -0.15) is 0 Å². The van der Waals surface area contributed by atoms with Crippen LogP contribution in [0.4, 0.5) is 5.82 Å². The van der Waals surface area contributed by atoms with E-state index in [1.807, 2.05) is 6.20 Å². The minimum absolute atomic E-state index is 0.249. The average Bonchev–Trinajstić information content (AvgIpc) is 2.32. The van der Waals surface area contributed by atoms with Crippen LogP contribution in [0, 0.1) is 3.57 Å². The molecular formula is C11H18IN3O2. The van der Waals surface area contributed by atoms with Crippen molar-refractivity contribution in [1.29, 1.82) is 0 Å². The molecule has 0 amide bonds. The fourth-order valence-electron chi connectivity index (χ4n) is 1.57. The molecule has 0 aromatic carbocycles. The van der Waals surface area contributed by atoms with Gasteiger partial charge in [-0.05, 0) is 29.5 Å². The second-order valence-corrected chi connectivity index (χ2v) is 4.85. The number of nitrogens with zero attached hydrogens (tertiary/aromatic N) is 3. The van der Waals surface area contributed by atoms with Crippen molar-refractivity contribution in [1.82, 2.24) is 9.97 Å². The molecule has 0 saturated heterocycles. The summed E-state index contributed by atoms with van der Waals surface area (Å²) in [5.41, 5.74) is 0. The molecule has 6 heteroatoms. The maximum atomic E-state index is 5.20. The van der Waals surface area contributed by atoms with Crippen molar-refractivity contribution in [3.8, 4) is 0 Å². The summed E-state index contributed by atoms with van der Waals surface area (Å²) >= 11 is 2.24. The van der Waals surface area contributed by atoms with Gasteiger partial charge < -0.3 is 14.4 Å². The number of ether oxygens (including phenoxy) is 2. The van der Waals surface area contributed by atoms with Gasteiger partial charge in [0.1, 0.15) is 12.1 Å². The van der Waals surface area contributed by atoms with Crippen molar-refractivity contribution in [2.45, 2.75) is 13.0 Å². The minimum Gasteiger partial charge on any atom is -0.383 e. The Balaban J connectivity index is 2.85. The van der Waals surface area contributed by atoms with Gasteiger partial charge in [-0.1, -0.05) is 0 Å². The smallest absolute Gasteiger partial charge is 0.145 e. The molecule has 1 atom stereocenters. The summed E-state index contributed by atoms with van der Waals surface area (Å²) in [5, 5.41) is 0. The van der Waals surface area contributed by atoms with E-state index >= 15 is 0 Å². The molecule has 1 heterocycles. The van der Waals surface area contributed by atoms with Gasteiger partial charge in [0.15, 0.2) is 0 Å². The molecule has 1 aromatic heterocycles. The molecule has 0 aliphatic rings. The van der Waals surface area contributed by atoms with Gasteiger partial charge in [-0.15, -0.1) is 0 Å². The van der Waals surface area contributed by atoms with Crippen LogP contribution in [0.2, 0.25) is 0 Å². The average molecular weight is 351 g/mol. The third kappa shape index (κ3) is 4.36. The van der Waals surface area contributed by atoms with Crippen molar-refractivity contribution in [3.05, 3.63) is 16.1 Å². The SMILES string of the molecule is COCCN(c1ncncc1I)C(C)COC. The van der Waals surface area contributed by atoms with E-state index in [-0.39, 0.29) is 6.04 Å². The quantitative estimate of drug-likeness (QED) is 0.698. The van der Waals surface area contributed by atoms with E-state index in [4.69, 9.17) is 9.47 Å². The Morgan fingerprint density at radius 3 is 2.76 bits per heavy atom. The van der Waals surface area contributed by atoms with E-state index in [1.54, 1.807) is 20.5 Å². The van der Waals surface area contributed by atoms with Crippen LogP contribution in [0.1, 0.15) is 6.92 Å². The largest absolute Gasteiger partial charge is 0.383 e. The first-order valence-corrected chi connectivity index (χ1v) is 6.48. The Labute approximate surface area is 116 Å². The van der Waals surface area contributed by atoms with Crippen LogP contribution < -0.4 is 4.90 Å². The zero-order valence-electron chi connectivity index (χ0n) is 10.4. The molecule has 0 bridgehead atoms. The highest BCUT2D eigenvalue weighted by molar-refractivity contribution is 14.1. The second kappa shape index (κ2) is 7.78. The molecule has 5 nitrogen and oxygen atoms in total. The minimum atomic E-state index is 0.249. The first-order chi connectivity index (χ1) is 8.20. The molecule has 0 saturated carbocycles.